The summed E-state index contributed by atoms with van der Waals surface area (Å²) < 4.78 is 5.40. The van der Waals surface area contributed by atoms with Crippen molar-refractivity contribution in [3.63, 3.8) is 0 Å². The monoisotopic (exact) mass is 332 g/mol. The van der Waals surface area contributed by atoms with Crippen LogP contribution in [-0.4, -0.2) is 54.9 Å². The molecule has 24 heavy (non-hydrogen) atoms. The largest absolute Gasteiger partial charge is 0.496 e. The van der Waals surface area contributed by atoms with Crippen molar-refractivity contribution in [2.45, 2.75) is 39.5 Å². The van der Waals surface area contributed by atoms with Crippen molar-refractivity contribution in [1.29, 1.82) is 0 Å². The summed E-state index contributed by atoms with van der Waals surface area (Å²) in [6, 6.07) is 5.82. The van der Waals surface area contributed by atoms with Crippen LogP contribution in [0.4, 0.5) is 0 Å². The van der Waals surface area contributed by atoms with Crippen molar-refractivity contribution in [2.75, 3.05) is 33.3 Å². The number of methoxy groups -OCH3 is 1. The molecule has 0 radical (unpaired) electrons. The number of rotatable bonds is 2. The number of hydrogen-bond acceptors (Lipinski definition) is 3. The van der Waals surface area contributed by atoms with Gasteiger partial charge in [-0.2, -0.15) is 0 Å². The second-order valence-corrected chi connectivity index (χ2v) is 7.32. The lowest BCUT2D eigenvalue weighted by molar-refractivity contribution is -0.128. The molecular formula is C19H28N2O3. The number of carbonyl (C=O) groups excluding carboxylic acids is 2. The fourth-order valence-electron chi connectivity index (χ4n) is 2.95. The van der Waals surface area contributed by atoms with Crippen molar-refractivity contribution in [1.82, 2.24) is 9.80 Å². The van der Waals surface area contributed by atoms with Crippen LogP contribution in [0.25, 0.3) is 0 Å². The van der Waals surface area contributed by atoms with Gasteiger partial charge in [0.05, 0.1) is 12.7 Å². The predicted octanol–water partition coefficient (Wildman–Crippen LogP) is 2.69. The number of ether oxygens (including phenoxy) is 1. The van der Waals surface area contributed by atoms with Crippen molar-refractivity contribution in [3.8, 4) is 5.75 Å². The maximum Gasteiger partial charge on any atom is 0.257 e. The Labute approximate surface area is 144 Å². The lowest BCUT2D eigenvalue weighted by Gasteiger charge is -2.24. The van der Waals surface area contributed by atoms with E-state index in [1.807, 2.05) is 23.1 Å². The van der Waals surface area contributed by atoms with Crippen LogP contribution < -0.4 is 4.74 Å². The Morgan fingerprint density at radius 2 is 1.67 bits per heavy atom. The van der Waals surface area contributed by atoms with E-state index in [1.165, 1.54) is 0 Å². The van der Waals surface area contributed by atoms with Gasteiger partial charge in [-0.15, -0.1) is 0 Å². The van der Waals surface area contributed by atoms with Crippen molar-refractivity contribution in [2.24, 2.45) is 0 Å². The third-order valence-electron chi connectivity index (χ3n) is 4.52. The summed E-state index contributed by atoms with van der Waals surface area (Å²) in [5.41, 5.74) is 1.67. The van der Waals surface area contributed by atoms with Crippen LogP contribution in [0.3, 0.4) is 0 Å². The first-order valence-electron chi connectivity index (χ1n) is 8.47. The summed E-state index contributed by atoms with van der Waals surface area (Å²) in [6.07, 6.45) is 0.798. The molecule has 1 aromatic carbocycles. The molecule has 0 bridgehead atoms. The third-order valence-corrected chi connectivity index (χ3v) is 4.52. The Balaban J connectivity index is 2.26. The highest BCUT2D eigenvalue weighted by molar-refractivity contribution is 5.97. The van der Waals surface area contributed by atoms with Crippen LogP contribution in [0.1, 0.15) is 50.0 Å². The van der Waals surface area contributed by atoms with E-state index < -0.39 is 0 Å². The molecular weight excluding hydrogens is 304 g/mol. The molecule has 2 rings (SSSR count). The molecule has 132 valence electrons. The maximum absolute atomic E-state index is 13.0. The van der Waals surface area contributed by atoms with Gasteiger partial charge in [0.15, 0.2) is 0 Å². The molecule has 1 heterocycles. The van der Waals surface area contributed by atoms with E-state index in [4.69, 9.17) is 4.74 Å². The average molecular weight is 332 g/mol. The molecule has 0 aromatic heterocycles. The molecule has 0 atom stereocenters. The lowest BCUT2D eigenvalue weighted by Crippen LogP contribution is -2.36. The first-order valence-corrected chi connectivity index (χ1v) is 8.47. The fraction of sp³-hybridized carbons (Fsp3) is 0.579. The molecule has 2 amide bonds. The lowest BCUT2D eigenvalue weighted by atomic mass is 9.86. The molecule has 0 aliphatic carbocycles. The number of amides is 2. The smallest absolute Gasteiger partial charge is 0.257 e. The highest BCUT2D eigenvalue weighted by Gasteiger charge is 2.25. The molecule has 0 spiro atoms. The summed E-state index contributed by atoms with van der Waals surface area (Å²) in [7, 11) is 1.59. The Morgan fingerprint density at radius 3 is 2.25 bits per heavy atom. The van der Waals surface area contributed by atoms with Crippen molar-refractivity contribution >= 4 is 11.8 Å². The average Bonchev–Trinajstić information content (AvgIpc) is 2.78. The third kappa shape index (κ3) is 4.08. The summed E-state index contributed by atoms with van der Waals surface area (Å²) in [4.78, 5) is 28.2. The Hall–Kier alpha value is -2.04. The van der Waals surface area contributed by atoms with E-state index in [0.29, 0.717) is 37.5 Å². The molecule has 0 saturated carbocycles. The van der Waals surface area contributed by atoms with Crippen LogP contribution >= 0.6 is 0 Å². The van der Waals surface area contributed by atoms with Gasteiger partial charge in [-0.1, -0.05) is 26.8 Å². The van der Waals surface area contributed by atoms with Crippen molar-refractivity contribution < 1.29 is 14.3 Å². The first kappa shape index (κ1) is 18.3. The number of benzene rings is 1. The Bertz CT molecular complexity index is 620. The zero-order valence-corrected chi connectivity index (χ0v) is 15.4. The highest BCUT2D eigenvalue weighted by atomic mass is 16.5. The van der Waals surface area contributed by atoms with Gasteiger partial charge in [-0.25, -0.2) is 0 Å². The summed E-state index contributed by atoms with van der Waals surface area (Å²) in [6.45, 7) is 10.5. The standard InChI is InChI=1S/C19H28N2O3/c1-14(22)20-9-6-10-21(12-11-20)18(23)16-13-15(19(2,3)4)7-8-17(16)24-5/h7-8,13H,6,9-12H2,1-5H3. The quantitative estimate of drug-likeness (QED) is 0.837. The van der Waals surface area contributed by atoms with Gasteiger partial charge in [-0.05, 0) is 29.5 Å². The molecule has 1 fully saturated rings. The van der Waals surface area contributed by atoms with E-state index in [0.717, 1.165) is 12.0 Å². The zero-order chi connectivity index (χ0) is 17.9. The van der Waals surface area contributed by atoms with Gasteiger partial charge in [0, 0.05) is 33.1 Å². The van der Waals surface area contributed by atoms with Gasteiger partial charge in [-0.3, -0.25) is 9.59 Å². The zero-order valence-electron chi connectivity index (χ0n) is 15.4. The van der Waals surface area contributed by atoms with Crippen LogP contribution in [0.2, 0.25) is 0 Å². The van der Waals surface area contributed by atoms with E-state index in [2.05, 4.69) is 20.8 Å². The summed E-state index contributed by atoms with van der Waals surface area (Å²) in [5.74, 6) is 0.639. The Morgan fingerprint density at radius 1 is 1.04 bits per heavy atom. The fourth-order valence-corrected chi connectivity index (χ4v) is 2.95. The van der Waals surface area contributed by atoms with Gasteiger partial charge < -0.3 is 14.5 Å². The summed E-state index contributed by atoms with van der Waals surface area (Å²) in [5, 5.41) is 0. The first-order chi connectivity index (χ1) is 11.2. The van der Waals surface area contributed by atoms with Crippen LogP contribution in [0, 0.1) is 0 Å². The molecule has 1 aromatic rings. The summed E-state index contributed by atoms with van der Waals surface area (Å²) >= 11 is 0. The van der Waals surface area contributed by atoms with Gasteiger partial charge in [0.2, 0.25) is 5.91 Å². The predicted molar refractivity (Wildman–Crippen MR) is 94.5 cm³/mol. The van der Waals surface area contributed by atoms with E-state index in [9.17, 15) is 9.59 Å². The molecule has 5 nitrogen and oxygen atoms in total. The minimum atomic E-state index is -0.0362. The van der Waals surface area contributed by atoms with Gasteiger partial charge in [0.1, 0.15) is 5.75 Å². The second kappa shape index (κ2) is 7.24. The van der Waals surface area contributed by atoms with Gasteiger partial charge in [0.25, 0.3) is 5.91 Å². The number of nitrogens with zero attached hydrogens (tertiary/aromatic N) is 2. The molecule has 1 aliphatic rings. The van der Waals surface area contributed by atoms with Crippen molar-refractivity contribution in [3.05, 3.63) is 29.3 Å². The van der Waals surface area contributed by atoms with E-state index >= 15 is 0 Å². The molecule has 5 heteroatoms. The number of carbonyl (C=O) groups is 2. The van der Waals surface area contributed by atoms with Crippen LogP contribution in [0.15, 0.2) is 18.2 Å². The van der Waals surface area contributed by atoms with Crippen LogP contribution in [-0.2, 0) is 10.2 Å². The minimum Gasteiger partial charge on any atom is -0.496 e. The maximum atomic E-state index is 13.0. The SMILES string of the molecule is COc1ccc(C(C)(C)C)cc1C(=O)N1CCCN(C(C)=O)CC1. The van der Waals surface area contributed by atoms with Gasteiger partial charge >= 0.3 is 0 Å². The topological polar surface area (TPSA) is 49.9 Å². The van der Waals surface area contributed by atoms with Crippen LogP contribution in [0.5, 0.6) is 5.75 Å². The molecule has 1 saturated heterocycles. The number of hydrogen-bond donors (Lipinski definition) is 0. The Kier molecular flexibility index (Phi) is 5.52. The molecule has 0 unspecified atom stereocenters. The highest BCUT2D eigenvalue weighted by Crippen LogP contribution is 2.29. The minimum absolute atomic E-state index is 0.0247. The normalized spacial score (nSPS) is 15.9. The molecule has 0 N–H and O–H groups in total. The van der Waals surface area contributed by atoms with E-state index in [1.54, 1.807) is 18.9 Å². The second-order valence-electron chi connectivity index (χ2n) is 7.32. The van der Waals surface area contributed by atoms with E-state index in [-0.39, 0.29) is 17.2 Å². The molecule has 1 aliphatic heterocycles.